The minimum atomic E-state index is 0.106. The highest BCUT2D eigenvalue weighted by Gasteiger charge is 2.48. The molecule has 2 unspecified atom stereocenters. The summed E-state index contributed by atoms with van der Waals surface area (Å²) in [7, 11) is 2.22. The molecule has 0 aromatic heterocycles. The van der Waals surface area contributed by atoms with Crippen molar-refractivity contribution in [2.24, 2.45) is 5.92 Å². The van der Waals surface area contributed by atoms with E-state index in [1.165, 1.54) is 16.7 Å². The largest absolute Gasteiger partial charge is 0.377 e. The smallest absolute Gasteiger partial charge is 0.0716 e. The summed E-state index contributed by atoms with van der Waals surface area (Å²) in [5.41, 5.74) is 4.11. The van der Waals surface area contributed by atoms with E-state index >= 15 is 0 Å². The Morgan fingerprint density at radius 2 is 1.69 bits per heavy atom. The summed E-state index contributed by atoms with van der Waals surface area (Å²) < 4.78 is 5.83. The molecule has 2 heteroatoms. The number of ether oxygens (including phenoxy) is 1. The summed E-state index contributed by atoms with van der Waals surface area (Å²) in [5, 5.41) is 0. The van der Waals surface area contributed by atoms with E-state index < -0.39 is 0 Å². The van der Waals surface area contributed by atoms with Gasteiger partial charge in [0.1, 0.15) is 0 Å². The summed E-state index contributed by atoms with van der Waals surface area (Å²) in [4.78, 5) is 2.45. The summed E-state index contributed by atoms with van der Waals surface area (Å²) in [6, 6.07) is 21.2. The molecule has 1 fully saturated rings. The molecule has 2 atom stereocenters. The van der Waals surface area contributed by atoms with E-state index in [2.05, 4.69) is 80.0 Å². The molecule has 0 bridgehead atoms. The molecule has 0 aliphatic carbocycles. The topological polar surface area (TPSA) is 12.5 Å². The van der Waals surface area contributed by atoms with Crippen LogP contribution in [0.3, 0.4) is 0 Å². The second-order valence-electron chi connectivity index (χ2n) is 7.66. The number of hydrogen-bond acceptors (Lipinski definition) is 2. The van der Waals surface area contributed by atoms with Crippen molar-refractivity contribution in [1.82, 2.24) is 4.90 Å². The molecule has 1 aliphatic heterocycles. The average molecular weight is 350 g/mol. The van der Waals surface area contributed by atoms with Gasteiger partial charge in [-0.25, -0.2) is 0 Å². The highest BCUT2D eigenvalue weighted by molar-refractivity contribution is 5.27. The molecule has 0 saturated carbocycles. The number of benzene rings is 2. The quantitative estimate of drug-likeness (QED) is 0.461. The molecule has 2 nitrogen and oxygen atoms in total. The molecule has 1 heterocycles. The fraction of sp³-hybridized carbons (Fsp3) is 0.417. The lowest BCUT2D eigenvalue weighted by atomic mass is 9.67. The van der Waals surface area contributed by atoms with E-state index in [9.17, 15) is 0 Å². The molecule has 2 aromatic rings. The van der Waals surface area contributed by atoms with Gasteiger partial charge in [-0.15, -0.1) is 0 Å². The second kappa shape index (κ2) is 8.66. The van der Waals surface area contributed by atoms with Gasteiger partial charge in [0.15, 0.2) is 0 Å². The van der Waals surface area contributed by atoms with Crippen molar-refractivity contribution in [2.45, 2.75) is 38.3 Å². The lowest BCUT2D eigenvalue weighted by Gasteiger charge is -2.57. The van der Waals surface area contributed by atoms with Crippen molar-refractivity contribution in [3.63, 3.8) is 0 Å². The number of hydrogen-bond donors (Lipinski definition) is 0. The van der Waals surface area contributed by atoms with Gasteiger partial charge >= 0.3 is 0 Å². The van der Waals surface area contributed by atoms with Gasteiger partial charge in [-0.05, 0) is 50.3 Å². The third-order valence-corrected chi connectivity index (χ3v) is 6.00. The standard InChI is InChI=1S/C24H31NO/c1-20(11-10-16-26-19-22-14-8-5-9-15-22)24(2)23(18-25(24)3)17-21-12-6-4-7-13-21/h4-9,12-15,23H,1,10-11,16-19H2,2-3H3. The van der Waals surface area contributed by atoms with Crippen LogP contribution in [-0.2, 0) is 17.8 Å². The Morgan fingerprint density at radius 1 is 1.08 bits per heavy atom. The summed E-state index contributed by atoms with van der Waals surface area (Å²) >= 11 is 0. The molecule has 1 saturated heterocycles. The molecule has 138 valence electrons. The van der Waals surface area contributed by atoms with Crippen LogP contribution >= 0.6 is 0 Å². The van der Waals surface area contributed by atoms with Crippen molar-refractivity contribution < 1.29 is 4.74 Å². The van der Waals surface area contributed by atoms with Crippen molar-refractivity contribution in [3.05, 3.63) is 83.9 Å². The summed E-state index contributed by atoms with van der Waals surface area (Å²) in [6.45, 7) is 9.44. The lowest BCUT2D eigenvalue weighted by molar-refractivity contribution is -0.0215. The molecule has 26 heavy (non-hydrogen) atoms. The van der Waals surface area contributed by atoms with E-state index in [-0.39, 0.29) is 5.54 Å². The van der Waals surface area contributed by atoms with Crippen LogP contribution in [-0.4, -0.2) is 30.6 Å². The Labute approximate surface area is 158 Å². The Bertz CT molecular complexity index is 697. The first kappa shape index (κ1) is 18.9. The Balaban J connectivity index is 1.45. The average Bonchev–Trinajstić information content (AvgIpc) is 2.68. The minimum absolute atomic E-state index is 0.106. The van der Waals surface area contributed by atoms with E-state index in [1.807, 2.05) is 6.07 Å². The minimum Gasteiger partial charge on any atom is -0.377 e. The van der Waals surface area contributed by atoms with Crippen LogP contribution in [0.1, 0.15) is 30.9 Å². The van der Waals surface area contributed by atoms with Gasteiger partial charge in [0.2, 0.25) is 0 Å². The maximum Gasteiger partial charge on any atom is 0.0716 e. The van der Waals surface area contributed by atoms with Gasteiger partial charge in [0.05, 0.1) is 6.61 Å². The lowest BCUT2D eigenvalue weighted by Crippen LogP contribution is -2.65. The van der Waals surface area contributed by atoms with E-state index in [4.69, 9.17) is 4.74 Å². The SMILES string of the molecule is C=C(CCCOCc1ccccc1)C1(C)C(Cc2ccccc2)CN1C. The van der Waals surface area contributed by atoms with Gasteiger partial charge in [-0.2, -0.15) is 0 Å². The highest BCUT2D eigenvalue weighted by atomic mass is 16.5. The van der Waals surface area contributed by atoms with Crippen LogP contribution < -0.4 is 0 Å². The highest BCUT2D eigenvalue weighted by Crippen LogP contribution is 2.43. The molecule has 0 spiro atoms. The van der Waals surface area contributed by atoms with Crippen LogP contribution in [0, 0.1) is 5.92 Å². The van der Waals surface area contributed by atoms with E-state index in [0.29, 0.717) is 12.5 Å². The van der Waals surface area contributed by atoms with Crippen LogP contribution in [0.15, 0.2) is 72.8 Å². The first-order valence-corrected chi connectivity index (χ1v) is 9.66. The van der Waals surface area contributed by atoms with Crippen molar-refractivity contribution in [3.8, 4) is 0 Å². The van der Waals surface area contributed by atoms with Gasteiger partial charge in [-0.1, -0.05) is 72.8 Å². The molecular weight excluding hydrogens is 318 g/mol. The monoisotopic (exact) mass is 349 g/mol. The van der Waals surface area contributed by atoms with Crippen LogP contribution in [0.2, 0.25) is 0 Å². The van der Waals surface area contributed by atoms with Gasteiger partial charge in [0.25, 0.3) is 0 Å². The third kappa shape index (κ3) is 4.25. The van der Waals surface area contributed by atoms with E-state index in [1.54, 1.807) is 0 Å². The number of rotatable bonds is 9. The molecule has 0 N–H and O–H groups in total. The van der Waals surface area contributed by atoms with Gasteiger partial charge in [-0.3, -0.25) is 4.90 Å². The molecule has 1 aliphatic rings. The number of nitrogens with zero attached hydrogens (tertiary/aromatic N) is 1. The zero-order valence-electron chi connectivity index (χ0n) is 16.2. The first-order chi connectivity index (χ1) is 12.6. The van der Waals surface area contributed by atoms with Crippen LogP contribution in [0.4, 0.5) is 0 Å². The molecular formula is C24H31NO. The van der Waals surface area contributed by atoms with Crippen LogP contribution in [0.25, 0.3) is 0 Å². The fourth-order valence-electron chi connectivity index (χ4n) is 4.02. The molecule has 0 radical (unpaired) electrons. The van der Waals surface area contributed by atoms with Crippen LogP contribution in [0.5, 0.6) is 0 Å². The third-order valence-electron chi connectivity index (χ3n) is 6.00. The Morgan fingerprint density at radius 3 is 2.31 bits per heavy atom. The van der Waals surface area contributed by atoms with Crippen molar-refractivity contribution in [1.29, 1.82) is 0 Å². The Hall–Kier alpha value is -1.90. The number of likely N-dealkylation sites (N-methyl/N-ethyl adjacent to an activating group) is 1. The van der Waals surface area contributed by atoms with Gasteiger partial charge < -0.3 is 4.74 Å². The van der Waals surface area contributed by atoms with Crippen molar-refractivity contribution in [2.75, 3.05) is 20.2 Å². The summed E-state index contributed by atoms with van der Waals surface area (Å²) in [6.07, 6.45) is 3.19. The molecule has 0 amide bonds. The predicted octanol–water partition coefficient (Wildman–Crippen LogP) is 5.10. The molecule has 2 aromatic carbocycles. The zero-order chi connectivity index (χ0) is 18.4. The fourth-order valence-corrected chi connectivity index (χ4v) is 4.02. The second-order valence-corrected chi connectivity index (χ2v) is 7.66. The molecule has 3 rings (SSSR count). The first-order valence-electron chi connectivity index (χ1n) is 9.66. The van der Waals surface area contributed by atoms with E-state index in [0.717, 1.165) is 32.4 Å². The normalized spacial score (nSPS) is 22.8. The summed E-state index contributed by atoms with van der Waals surface area (Å²) in [5.74, 6) is 0.646. The maximum atomic E-state index is 5.83. The Kier molecular flexibility index (Phi) is 6.29. The zero-order valence-corrected chi connectivity index (χ0v) is 16.2. The van der Waals surface area contributed by atoms with Crippen molar-refractivity contribution >= 4 is 0 Å². The number of likely N-dealkylation sites (tertiary alicyclic amines) is 1. The predicted molar refractivity (Wildman–Crippen MR) is 109 cm³/mol. The maximum absolute atomic E-state index is 5.83. The van der Waals surface area contributed by atoms with Gasteiger partial charge in [0, 0.05) is 18.7 Å².